The van der Waals surface area contributed by atoms with Crippen LogP contribution in [0.25, 0.3) is 0 Å². The molecule has 0 atom stereocenters. The van der Waals surface area contributed by atoms with Crippen molar-refractivity contribution in [1.29, 1.82) is 0 Å². The van der Waals surface area contributed by atoms with Gasteiger partial charge in [-0.15, -0.1) is 0 Å². The molecule has 2 amide bonds. The van der Waals surface area contributed by atoms with Crippen molar-refractivity contribution >= 4 is 6.03 Å². The highest BCUT2D eigenvalue weighted by molar-refractivity contribution is 5.72. The van der Waals surface area contributed by atoms with Gasteiger partial charge in [0.1, 0.15) is 0 Å². The maximum Gasteiger partial charge on any atom is 0.336 e. The summed E-state index contributed by atoms with van der Waals surface area (Å²) >= 11 is 0. The van der Waals surface area contributed by atoms with Gasteiger partial charge < -0.3 is 10.2 Å². The number of hydrogen-bond donors (Lipinski definition) is 1. The summed E-state index contributed by atoms with van der Waals surface area (Å²) in [6.45, 7) is 1.38. The second-order valence-corrected chi connectivity index (χ2v) is 2.24. The van der Waals surface area contributed by atoms with Crippen LogP contribution in [0, 0.1) is 0 Å². The molecule has 0 fully saturated rings. The SMILES string of the molecule is CNC(=O)[N]CCN(C)C. The largest absolute Gasteiger partial charge is 0.340 e. The average Bonchev–Trinajstić information content (AvgIpc) is 1.87. The average molecular weight is 144 g/mol. The third kappa shape index (κ3) is 5.37. The molecule has 0 unspecified atom stereocenters. The first-order valence-electron chi connectivity index (χ1n) is 3.20. The van der Waals surface area contributed by atoms with Gasteiger partial charge in [-0.05, 0) is 14.1 Å². The lowest BCUT2D eigenvalue weighted by atomic mass is 10.6. The molecule has 0 spiro atoms. The van der Waals surface area contributed by atoms with Gasteiger partial charge in [-0.1, -0.05) is 0 Å². The molecule has 0 aromatic carbocycles. The van der Waals surface area contributed by atoms with E-state index in [0.717, 1.165) is 6.54 Å². The molecule has 0 saturated heterocycles. The number of likely N-dealkylation sites (N-methyl/N-ethyl adjacent to an activating group) is 1. The number of nitrogens with zero attached hydrogens (tertiary/aromatic N) is 2. The summed E-state index contributed by atoms with van der Waals surface area (Å²) in [5.74, 6) is 0. The first kappa shape index (κ1) is 9.23. The van der Waals surface area contributed by atoms with Crippen LogP contribution in [-0.2, 0) is 0 Å². The minimum Gasteiger partial charge on any atom is -0.340 e. The Balaban J connectivity index is 3.12. The Morgan fingerprint density at radius 3 is 2.60 bits per heavy atom. The van der Waals surface area contributed by atoms with Crippen molar-refractivity contribution in [2.75, 3.05) is 34.2 Å². The molecule has 0 aromatic heterocycles. The summed E-state index contributed by atoms with van der Waals surface area (Å²) in [6.07, 6.45) is 0. The van der Waals surface area contributed by atoms with E-state index < -0.39 is 0 Å². The van der Waals surface area contributed by atoms with E-state index in [9.17, 15) is 4.79 Å². The number of nitrogens with one attached hydrogen (secondary N) is 1. The summed E-state index contributed by atoms with van der Waals surface area (Å²) in [7, 11) is 5.46. The van der Waals surface area contributed by atoms with Gasteiger partial charge >= 0.3 is 6.03 Å². The number of carbonyl (C=O) groups excluding carboxylic acids is 1. The molecule has 1 N–H and O–H groups in total. The van der Waals surface area contributed by atoms with Crippen LogP contribution in [0.1, 0.15) is 0 Å². The first-order valence-corrected chi connectivity index (χ1v) is 3.20. The molecule has 0 rings (SSSR count). The minimum atomic E-state index is -0.248. The van der Waals surface area contributed by atoms with Crippen LogP contribution < -0.4 is 10.6 Å². The van der Waals surface area contributed by atoms with E-state index in [-0.39, 0.29) is 6.03 Å². The molecular weight excluding hydrogens is 130 g/mol. The van der Waals surface area contributed by atoms with Crippen molar-refractivity contribution in [3.63, 3.8) is 0 Å². The Hall–Kier alpha value is -0.770. The number of hydrogen-bond acceptors (Lipinski definition) is 2. The number of urea groups is 1. The zero-order valence-electron chi connectivity index (χ0n) is 6.72. The quantitative estimate of drug-likeness (QED) is 0.580. The lowest BCUT2D eigenvalue weighted by Gasteiger charge is -2.07. The third-order valence-corrected chi connectivity index (χ3v) is 1.02. The monoisotopic (exact) mass is 144 g/mol. The number of rotatable bonds is 3. The Kier molecular flexibility index (Phi) is 4.66. The molecule has 4 heteroatoms. The minimum absolute atomic E-state index is 0.248. The fourth-order valence-corrected chi connectivity index (χ4v) is 0.431. The molecule has 0 aliphatic carbocycles. The second-order valence-electron chi connectivity index (χ2n) is 2.24. The Morgan fingerprint density at radius 2 is 2.20 bits per heavy atom. The van der Waals surface area contributed by atoms with E-state index in [4.69, 9.17) is 0 Å². The normalized spacial score (nSPS) is 9.60. The predicted molar refractivity (Wildman–Crippen MR) is 40.0 cm³/mol. The highest BCUT2D eigenvalue weighted by Crippen LogP contribution is 1.72. The van der Waals surface area contributed by atoms with E-state index >= 15 is 0 Å². The van der Waals surface area contributed by atoms with Crippen LogP contribution in [0.2, 0.25) is 0 Å². The Morgan fingerprint density at radius 1 is 1.60 bits per heavy atom. The van der Waals surface area contributed by atoms with Gasteiger partial charge in [-0.2, -0.15) is 0 Å². The van der Waals surface area contributed by atoms with Crippen molar-refractivity contribution in [1.82, 2.24) is 15.5 Å². The van der Waals surface area contributed by atoms with Crippen LogP contribution >= 0.6 is 0 Å². The van der Waals surface area contributed by atoms with Crippen LogP contribution in [-0.4, -0.2) is 45.2 Å². The first-order chi connectivity index (χ1) is 4.66. The van der Waals surface area contributed by atoms with E-state index in [2.05, 4.69) is 10.6 Å². The molecule has 4 nitrogen and oxygen atoms in total. The molecule has 0 aromatic rings. The topological polar surface area (TPSA) is 46.4 Å². The highest BCUT2D eigenvalue weighted by atomic mass is 16.2. The summed E-state index contributed by atoms with van der Waals surface area (Å²) in [4.78, 5) is 12.5. The van der Waals surface area contributed by atoms with Crippen molar-refractivity contribution < 1.29 is 4.79 Å². The lowest BCUT2D eigenvalue weighted by molar-refractivity contribution is 0.240. The van der Waals surface area contributed by atoms with Gasteiger partial charge in [0.2, 0.25) is 0 Å². The van der Waals surface area contributed by atoms with E-state index in [0.29, 0.717) is 6.54 Å². The van der Waals surface area contributed by atoms with E-state index in [1.807, 2.05) is 19.0 Å². The smallest absolute Gasteiger partial charge is 0.336 e. The van der Waals surface area contributed by atoms with Crippen LogP contribution in [0.4, 0.5) is 4.79 Å². The second kappa shape index (κ2) is 5.05. The van der Waals surface area contributed by atoms with Gasteiger partial charge in [0.25, 0.3) is 0 Å². The van der Waals surface area contributed by atoms with Gasteiger partial charge in [-0.25, -0.2) is 10.1 Å². The molecule has 0 aliphatic heterocycles. The third-order valence-electron chi connectivity index (χ3n) is 1.02. The maximum absolute atomic E-state index is 10.5. The van der Waals surface area contributed by atoms with Crippen molar-refractivity contribution in [2.45, 2.75) is 0 Å². The molecule has 0 bridgehead atoms. The van der Waals surface area contributed by atoms with Gasteiger partial charge in [-0.3, -0.25) is 0 Å². The number of carbonyl (C=O) groups is 1. The lowest BCUT2D eigenvalue weighted by Crippen LogP contribution is -2.31. The van der Waals surface area contributed by atoms with Crippen LogP contribution in [0.5, 0.6) is 0 Å². The zero-order chi connectivity index (χ0) is 7.98. The molecule has 0 aliphatic rings. The highest BCUT2D eigenvalue weighted by Gasteiger charge is 1.96. The van der Waals surface area contributed by atoms with Crippen molar-refractivity contribution in [3.05, 3.63) is 0 Å². The van der Waals surface area contributed by atoms with E-state index in [1.54, 1.807) is 7.05 Å². The van der Waals surface area contributed by atoms with Gasteiger partial charge in [0.15, 0.2) is 0 Å². The fraction of sp³-hybridized carbons (Fsp3) is 0.833. The molecule has 0 heterocycles. The Labute approximate surface area is 61.6 Å². The van der Waals surface area contributed by atoms with Crippen molar-refractivity contribution in [2.24, 2.45) is 0 Å². The number of amides is 2. The molecule has 1 radical (unpaired) electrons. The van der Waals surface area contributed by atoms with Crippen molar-refractivity contribution in [3.8, 4) is 0 Å². The molecular formula is C6H14N3O. The molecule has 0 saturated carbocycles. The summed E-state index contributed by atoms with van der Waals surface area (Å²) in [5, 5.41) is 6.11. The van der Waals surface area contributed by atoms with Crippen LogP contribution in [0.15, 0.2) is 0 Å². The predicted octanol–water partition coefficient (Wildman–Crippen LogP) is -0.508. The van der Waals surface area contributed by atoms with Gasteiger partial charge in [0.05, 0.1) is 6.54 Å². The van der Waals surface area contributed by atoms with E-state index in [1.165, 1.54) is 0 Å². The van der Waals surface area contributed by atoms with Gasteiger partial charge in [0, 0.05) is 13.6 Å². The standard InChI is InChI=1S/C6H14N3O/c1-7-6(10)8-4-5-9(2)3/h4-5H2,1-3H3,(H,7,10). The summed E-state index contributed by atoms with van der Waals surface area (Å²) < 4.78 is 0. The molecule has 59 valence electrons. The zero-order valence-corrected chi connectivity index (χ0v) is 6.72. The summed E-state index contributed by atoms with van der Waals surface area (Å²) in [6, 6.07) is -0.248. The molecule has 10 heavy (non-hydrogen) atoms. The van der Waals surface area contributed by atoms with Crippen LogP contribution in [0.3, 0.4) is 0 Å². The summed E-state index contributed by atoms with van der Waals surface area (Å²) in [5.41, 5.74) is 0. The maximum atomic E-state index is 10.5. The Bertz CT molecular complexity index is 103. The fourth-order valence-electron chi connectivity index (χ4n) is 0.431.